The highest BCUT2D eigenvalue weighted by Gasteiger charge is 2.20. The van der Waals surface area contributed by atoms with Crippen molar-refractivity contribution in [2.75, 3.05) is 0 Å². The Labute approximate surface area is 87.1 Å². The molecule has 0 aliphatic rings. The van der Waals surface area contributed by atoms with Crippen molar-refractivity contribution in [1.29, 1.82) is 5.26 Å². The van der Waals surface area contributed by atoms with Crippen molar-refractivity contribution >= 4 is 15.9 Å². The van der Waals surface area contributed by atoms with Crippen LogP contribution < -0.4 is 0 Å². The highest BCUT2D eigenvalue weighted by atomic mass is 79.9. The molecule has 0 spiro atoms. The Morgan fingerprint density at radius 1 is 1.64 bits per heavy atom. The van der Waals surface area contributed by atoms with Gasteiger partial charge in [0.15, 0.2) is 0 Å². The normalized spacial score (nSPS) is 10.2. The number of nitriles is 1. The molecule has 14 heavy (non-hydrogen) atoms. The number of aromatic hydroxyl groups is 1. The summed E-state index contributed by atoms with van der Waals surface area (Å²) in [6.07, 6.45) is -1.85. The number of hydrogen-bond acceptors (Lipinski definition) is 3. The second-order valence-electron chi connectivity index (χ2n) is 2.45. The maximum absolute atomic E-state index is 12.4. The number of halogens is 3. The lowest BCUT2D eigenvalue weighted by Gasteiger charge is -2.07. The molecule has 0 saturated carbocycles. The van der Waals surface area contributed by atoms with Crippen molar-refractivity contribution < 1.29 is 13.9 Å². The summed E-state index contributed by atoms with van der Waals surface area (Å²) >= 11 is 2.85. The second kappa shape index (κ2) is 4.33. The van der Waals surface area contributed by atoms with E-state index in [-0.39, 0.29) is 16.6 Å². The molecule has 0 aliphatic carbocycles. The third kappa shape index (κ3) is 1.99. The van der Waals surface area contributed by atoms with Crippen molar-refractivity contribution in [3.63, 3.8) is 0 Å². The number of hydrogen-bond donors (Lipinski definition) is 1. The fourth-order valence-corrected chi connectivity index (χ4v) is 1.41. The largest absolute Gasteiger partial charge is 0.505 e. The Kier molecular flexibility index (Phi) is 3.36. The van der Waals surface area contributed by atoms with Gasteiger partial charge >= 0.3 is 0 Å². The van der Waals surface area contributed by atoms with Gasteiger partial charge in [0.1, 0.15) is 5.75 Å². The molecule has 0 fully saturated rings. The molecule has 1 aromatic heterocycles. The predicted octanol–water partition coefficient (Wildman–Crippen LogP) is 2.55. The van der Waals surface area contributed by atoms with Gasteiger partial charge in [-0.05, 0) is 15.9 Å². The third-order valence-corrected chi connectivity index (χ3v) is 2.22. The fourth-order valence-electron chi connectivity index (χ4n) is 0.946. The average Bonchev–Trinajstić information content (AvgIpc) is 2.10. The summed E-state index contributed by atoms with van der Waals surface area (Å²) in [5.41, 5.74) is -0.559. The SMILES string of the molecule is N#CCc1ncc(Br)c(C(F)F)c1O. The molecule has 1 rings (SSSR count). The first-order valence-corrected chi connectivity index (χ1v) is 4.38. The maximum atomic E-state index is 12.4. The van der Waals surface area contributed by atoms with Crippen molar-refractivity contribution in [2.45, 2.75) is 12.8 Å². The first-order chi connectivity index (χ1) is 6.57. The molecule has 0 amide bonds. The molecule has 0 radical (unpaired) electrons. The highest BCUT2D eigenvalue weighted by Crippen LogP contribution is 2.35. The summed E-state index contributed by atoms with van der Waals surface area (Å²) in [7, 11) is 0. The van der Waals surface area contributed by atoms with Crippen LogP contribution in [0.15, 0.2) is 10.7 Å². The number of aromatic nitrogens is 1. The maximum Gasteiger partial charge on any atom is 0.268 e. The van der Waals surface area contributed by atoms with Gasteiger partial charge in [-0.2, -0.15) is 5.26 Å². The van der Waals surface area contributed by atoms with Gasteiger partial charge in [-0.25, -0.2) is 8.78 Å². The zero-order chi connectivity index (χ0) is 10.7. The van der Waals surface area contributed by atoms with Gasteiger partial charge in [-0.15, -0.1) is 0 Å². The van der Waals surface area contributed by atoms with Crippen LogP contribution >= 0.6 is 15.9 Å². The first kappa shape index (κ1) is 10.9. The quantitative estimate of drug-likeness (QED) is 0.891. The van der Waals surface area contributed by atoms with E-state index >= 15 is 0 Å². The number of pyridine rings is 1. The standard InChI is InChI=1S/C8H5BrF2N2O/c9-4-3-13-5(1-2-12)7(14)6(4)8(10)11/h3,8,14H,1H2. The zero-order valence-electron chi connectivity index (χ0n) is 6.84. The van der Waals surface area contributed by atoms with Gasteiger partial charge in [0.05, 0.1) is 23.7 Å². The Hall–Kier alpha value is -1.22. The van der Waals surface area contributed by atoms with Crippen molar-refractivity contribution in [3.8, 4) is 11.8 Å². The van der Waals surface area contributed by atoms with Crippen LogP contribution in [0.5, 0.6) is 5.75 Å². The Morgan fingerprint density at radius 2 is 2.29 bits per heavy atom. The minimum absolute atomic E-state index is 0.0340. The van der Waals surface area contributed by atoms with Gasteiger partial charge in [0, 0.05) is 10.7 Å². The molecule has 1 heterocycles. The number of rotatable bonds is 2. The van der Waals surface area contributed by atoms with E-state index in [2.05, 4.69) is 20.9 Å². The molecular weight excluding hydrogens is 258 g/mol. The van der Waals surface area contributed by atoms with Crippen LogP contribution in [0.4, 0.5) is 8.78 Å². The molecule has 0 atom stereocenters. The molecule has 0 bridgehead atoms. The topological polar surface area (TPSA) is 56.9 Å². The average molecular weight is 263 g/mol. The van der Waals surface area contributed by atoms with E-state index in [1.165, 1.54) is 0 Å². The molecule has 0 aromatic carbocycles. The minimum Gasteiger partial charge on any atom is -0.505 e. The summed E-state index contributed by atoms with van der Waals surface area (Å²) in [5.74, 6) is -0.615. The van der Waals surface area contributed by atoms with Crippen LogP contribution in [0.2, 0.25) is 0 Å². The summed E-state index contributed by atoms with van der Waals surface area (Å²) in [4.78, 5) is 3.66. The number of alkyl halides is 2. The van der Waals surface area contributed by atoms with Crippen LogP contribution in [0.1, 0.15) is 17.7 Å². The molecule has 1 aromatic rings. The minimum atomic E-state index is -2.80. The van der Waals surface area contributed by atoms with E-state index in [1.807, 2.05) is 0 Å². The molecule has 0 aliphatic heterocycles. The lowest BCUT2D eigenvalue weighted by molar-refractivity contribution is 0.146. The summed E-state index contributed by atoms with van der Waals surface area (Å²) in [5, 5.41) is 17.7. The van der Waals surface area contributed by atoms with Crippen LogP contribution in [-0.4, -0.2) is 10.1 Å². The molecular formula is C8H5BrF2N2O. The molecule has 74 valence electrons. The van der Waals surface area contributed by atoms with E-state index in [1.54, 1.807) is 6.07 Å². The van der Waals surface area contributed by atoms with Crippen LogP contribution in [-0.2, 0) is 6.42 Å². The molecule has 3 nitrogen and oxygen atoms in total. The zero-order valence-corrected chi connectivity index (χ0v) is 8.42. The Bertz CT molecular complexity index is 390. The summed E-state index contributed by atoms with van der Waals surface area (Å²) in [6.45, 7) is 0. The van der Waals surface area contributed by atoms with Gasteiger partial charge < -0.3 is 5.11 Å². The van der Waals surface area contributed by atoms with Crippen LogP contribution in [0.3, 0.4) is 0 Å². The van der Waals surface area contributed by atoms with Gasteiger partial charge in [-0.3, -0.25) is 4.98 Å². The molecule has 6 heteroatoms. The smallest absolute Gasteiger partial charge is 0.268 e. The van der Waals surface area contributed by atoms with Crippen molar-refractivity contribution in [1.82, 2.24) is 4.98 Å². The van der Waals surface area contributed by atoms with Crippen molar-refractivity contribution in [2.24, 2.45) is 0 Å². The molecule has 0 unspecified atom stereocenters. The van der Waals surface area contributed by atoms with Gasteiger partial charge in [-0.1, -0.05) is 0 Å². The van der Waals surface area contributed by atoms with Gasteiger partial charge in [0.2, 0.25) is 0 Å². The lowest BCUT2D eigenvalue weighted by Crippen LogP contribution is -1.96. The summed E-state index contributed by atoms with van der Waals surface area (Å²) in [6, 6.07) is 1.73. The molecule has 1 N–H and O–H groups in total. The lowest BCUT2D eigenvalue weighted by atomic mass is 10.2. The fraction of sp³-hybridized carbons (Fsp3) is 0.250. The predicted molar refractivity (Wildman–Crippen MR) is 47.9 cm³/mol. The highest BCUT2D eigenvalue weighted by molar-refractivity contribution is 9.10. The van der Waals surface area contributed by atoms with E-state index in [4.69, 9.17) is 5.26 Å². The van der Waals surface area contributed by atoms with E-state index in [0.717, 1.165) is 6.20 Å². The number of nitrogens with zero attached hydrogens (tertiary/aromatic N) is 2. The van der Waals surface area contributed by atoms with Gasteiger partial charge in [0.25, 0.3) is 6.43 Å². The van der Waals surface area contributed by atoms with Crippen LogP contribution in [0, 0.1) is 11.3 Å². The monoisotopic (exact) mass is 262 g/mol. The Balaban J connectivity index is 3.28. The first-order valence-electron chi connectivity index (χ1n) is 3.59. The van der Waals surface area contributed by atoms with Crippen molar-refractivity contribution in [3.05, 3.63) is 21.9 Å². The van der Waals surface area contributed by atoms with E-state index < -0.39 is 17.7 Å². The molecule has 0 saturated heterocycles. The van der Waals surface area contributed by atoms with Crippen LogP contribution in [0.25, 0.3) is 0 Å². The Morgan fingerprint density at radius 3 is 2.79 bits per heavy atom. The third-order valence-electron chi connectivity index (χ3n) is 1.58. The summed E-state index contributed by atoms with van der Waals surface area (Å²) < 4.78 is 24.9. The van der Waals surface area contributed by atoms with E-state index in [0.29, 0.717) is 0 Å². The van der Waals surface area contributed by atoms with E-state index in [9.17, 15) is 13.9 Å². The second-order valence-corrected chi connectivity index (χ2v) is 3.31.